The lowest BCUT2D eigenvalue weighted by atomic mass is 10.1. The minimum atomic E-state index is -3.62. The molecule has 5 heteroatoms. The van der Waals surface area contributed by atoms with Crippen molar-refractivity contribution in [3.8, 4) is 0 Å². The van der Waals surface area contributed by atoms with Crippen LogP contribution < -0.4 is 4.72 Å². The summed E-state index contributed by atoms with van der Waals surface area (Å²) in [4.78, 5) is 4.61. The van der Waals surface area contributed by atoms with Crippen LogP contribution in [0.1, 0.15) is 11.1 Å². The third kappa shape index (κ3) is 2.80. The number of benzene rings is 2. The minimum absolute atomic E-state index is 0.233. The van der Waals surface area contributed by atoms with E-state index in [9.17, 15) is 8.42 Å². The van der Waals surface area contributed by atoms with E-state index < -0.39 is 10.0 Å². The molecule has 0 saturated carbocycles. The molecule has 0 spiro atoms. The maximum absolute atomic E-state index is 12.5. The van der Waals surface area contributed by atoms with Gasteiger partial charge in [0.2, 0.25) is 0 Å². The summed E-state index contributed by atoms with van der Waals surface area (Å²) in [5.41, 5.74) is 3.16. The van der Waals surface area contributed by atoms with Crippen LogP contribution >= 0.6 is 0 Å². The Kier molecular flexibility index (Phi) is 3.58. The van der Waals surface area contributed by atoms with Gasteiger partial charge in [0, 0.05) is 11.6 Å². The summed E-state index contributed by atoms with van der Waals surface area (Å²) < 4.78 is 27.6. The van der Waals surface area contributed by atoms with Crippen molar-refractivity contribution in [3.05, 3.63) is 65.9 Å². The summed E-state index contributed by atoms with van der Waals surface area (Å²) in [5, 5.41) is 0.922. The Morgan fingerprint density at radius 3 is 2.36 bits per heavy atom. The van der Waals surface area contributed by atoms with Crippen molar-refractivity contribution in [1.82, 2.24) is 4.98 Å². The fraction of sp³-hybridized carbons (Fsp3) is 0.118. The Morgan fingerprint density at radius 1 is 0.955 bits per heavy atom. The van der Waals surface area contributed by atoms with Crippen LogP contribution in [0.3, 0.4) is 0 Å². The summed E-state index contributed by atoms with van der Waals surface area (Å²) >= 11 is 0. The largest absolute Gasteiger partial charge is 0.277 e. The molecule has 0 saturated heterocycles. The molecule has 0 amide bonds. The summed E-state index contributed by atoms with van der Waals surface area (Å²) in [6, 6.07) is 14.1. The van der Waals surface area contributed by atoms with Crippen molar-refractivity contribution in [1.29, 1.82) is 0 Å². The number of anilines is 1. The molecule has 0 unspecified atom stereocenters. The summed E-state index contributed by atoms with van der Waals surface area (Å²) in [6.07, 6.45) is 1.73. The molecule has 0 aliphatic carbocycles. The van der Waals surface area contributed by atoms with E-state index in [1.807, 2.05) is 26.0 Å². The molecule has 3 aromatic rings. The number of hydrogen-bond donors (Lipinski definition) is 1. The van der Waals surface area contributed by atoms with Crippen molar-refractivity contribution in [3.63, 3.8) is 0 Å². The van der Waals surface area contributed by atoms with Gasteiger partial charge in [-0.2, -0.15) is 0 Å². The average molecular weight is 312 g/mol. The Hall–Kier alpha value is -2.40. The molecule has 1 heterocycles. The van der Waals surface area contributed by atoms with Gasteiger partial charge in [-0.25, -0.2) is 8.42 Å². The maximum atomic E-state index is 12.5. The van der Waals surface area contributed by atoms with Crippen molar-refractivity contribution in [2.24, 2.45) is 0 Å². The SMILES string of the molecule is Cc1cnc2c(NS(=O)(=O)c3ccccc3)cc(C)cc2c1. The van der Waals surface area contributed by atoms with Gasteiger partial charge < -0.3 is 0 Å². The third-order valence-electron chi connectivity index (χ3n) is 3.36. The molecule has 0 aliphatic rings. The minimum Gasteiger partial charge on any atom is -0.277 e. The van der Waals surface area contributed by atoms with E-state index in [1.54, 1.807) is 42.6 Å². The molecule has 4 nitrogen and oxygen atoms in total. The van der Waals surface area contributed by atoms with Crippen LogP contribution in [0.4, 0.5) is 5.69 Å². The Morgan fingerprint density at radius 2 is 1.64 bits per heavy atom. The first kappa shape index (κ1) is 14.5. The van der Waals surface area contributed by atoms with Crippen molar-refractivity contribution in [2.75, 3.05) is 4.72 Å². The second-order valence-electron chi connectivity index (χ2n) is 5.32. The van der Waals surface area contributed by atoms with Crippen LogP contribution in [-0.2, 0) is 10.0 Å². The monoisotopic (exact) mass is 312 g/mol. The zero-order valence-electron chi connectivity index (χ0n) is 12.4. The number of aromatic nitrogens is 1. The van der Waals surface area contributed by atoms with Crippen LogP contribution in [0.2, 0.25) is 0 Å². The van der Waals surface area contributed by atoms with Gasteiger partial charge in [-0.05, 0) is 55.3 Å². The highest BCUT2D eigenvalue weighted by Gasteiger charge is 2.16. The molecule has 1 aromatic heterocycles. The van der Waals surface area contributed by atoms with Crippen LogP contribution in [0, 0.1) is 13.8 Å². The standard InChI is InChI=1S/C17H16N2O2S/c1-12-8-14-9-13(2)11-18-17(14)16(10-12)19-22(20,21)15-6-4-3-5-7-15/h3-11,19H,1-2H3. The van der Waals surface area contributed by atoms with Gasteiger partial charge in [0.1, 0.15) is 0 Å². The van der Waals surface area contributed by atoms with Crippen LogP contribution in [0.15, 0.2) is 59.6 Å². The average Bonchev–Trinajstić information content (AvgIpc) is 2.47. The molecule has 0 fully saturated rings. The van der Waals surface area contributed by atoms with E-state index in [0.29, 0.717) is 11.2 Å². The van der Waals surface area contributed by atoms with E-state index >= 15 is 0 Å². The van der Waals surface area contributed by atoms with Crippen LogP contribution in [-0.4, -0.2) is 13.4 Å². The molecule has 0 bridgehead atoms. The first-order chi connectivity index (χ1) is 10.5. The van der Waals surface area contributed by atoms with Crippen LogP contribution in [0.25, 0.3) is 10.9 Å². The number of nitrogens with one attached hydrogen (secondary N) is 1. The van der Waals surface area contributed by atoms with Gasteiger partial charge in [-0.15, -0.1) is 0 Å². The predicted molar refractivity (Wildman–Crippen MR) is 88.5 cm³/mol. The molecule has 1 N–H and O–H groups in total. The normalized spacial score (nSPS) is 11.5. The molecular formula is C17H16N2O2S. The second kappa shape index (κ2) is 5.42. The molecule has 2 aromatic carbocycles. The molecule has 112 valence electrons. The van der Waals surface area contributed by atoms with Gasteiger partial charge in [0.15, 0.2) is 0 Å². The Labute approximate surface area is 129 Å². The number of sulfonamides is 1. The van der Waals surface area contributed by atoms with E-state index in [0.717, 1.165) is 16.5 Å². The molecule has 0 aliphatic heterocycles. The van der Waals surface area contributed by atoms with Crippen molar-refractivity contribution >= 4 is 26.6 Å². The highest BCUT2D eigenvalue weighted by Crippen LogP contribution is 2.26. The fourth-order valence-corrected chi connectivity index (χ4v) is 3.47. The van der Waals surface area contributed by atoms with E-state index in [2.05, 4.69) is 9.71 Å². The highest BCUT2D eigenvalue weighted by molar-refractivity contribution is 7.92. The van der Waals surface area contributed by atoms with E-state index in [4.69, 9.17) is 0 Å². The lowest BCUT2D eigenvalue weighted by molar-refractivity contribution is 0.601. The summed E-state index contributed by atoms with van der Waals surface area (Å²) in [5.74, 6) is 0. The number of hydrogen-bond acceptors (Lipinski definition) is 3. The first-order valence-electron chi connectivity index (χ1n) is 6.90. The first-order valence-corrected chi connectivity index (χ1v) is 8.39. The summed E-state index contributed by atoms with van der Waals surface area (Å²) in [6.45, 7) is 3.89. The zero-order valence-corrected chi connectivity index (χ0v) is 13.2. The van der Waals surface area contributed by atoms with Gasteiger partial charge in [0.05, 0.1) is 16.1 Å². The zero-order chi connectivity index (χ0) is 15.7. The second-order valence-corrected chi connectivity index (χ2v) is 7.00. The molecule has 3 rings (SSSR count). The maximum Gasteiger partial charge on any atom is 0.261 e. The number of aryl methyl sites for hydroxylation is 2. The van der Waals surface area contributed by atoms with E-state index in [1.165, 1.54) is 0 Å². The quantitative estimate of drug-likeness (QED) is 0.803. The molecule has 0 atom stereocenters. The van der Waals surface area contributed by atoms with E-state index in [-0.39, 0.29) is 4.90 Å². The molecule has 22 heavy (non-hydrogen) atoms. The van der Waals surface area contributed by atoms with Gasteiger partial charge in [0.25, 0.3) is 10.0 Å². The fourth-order valence-electron chi connectivity index (χ4n) is 2.39. The number of nitrogens with zero attached hydrogens (tertiary/aromatic N) is 1. The smallest absolute Gasteiger partial charge is 0.261 e. The number of rotatable bonds is 3. The molecular weight excluding hydrogens is 296 g/mol. The topological polar surface area (TPSA) is 59.1 Å². The summed E-state index contributed by atoms with van der Waals surface area (Å²) in [7, 11) is -3.62. The molecule has 0 radical (unpaired) electrons. The lowest BCUT2D eigenvalue weighted by Crippen LogP contribution is -2.13. The number of pyridine rings is 1. The number of fused-ring (bicyclic) bond motifs is 1. The van der Waals surface area contributed by atoms with Crippen LogP contribution in [0.5, 0.6) is 0 Å². The third-order valence-corrected chi connectivity index (χ3v) is 4.74. The lowest BCUT2D eigenvalue weighted by Gasteiger charge is -2.11. The van der Waals surface area contributed by atoms with Crippen molar-refractivity contribution < 1.29 is 8.42 Å². The van der Waals surface area contributed by atoms with Gasteiger partial charge >= 0.3 is 0 Å². The Balaban J connectivity index is 2.11. The van der Waals surface area contributed by atoms with Gasteiger partial charge in [-0.1, -0.05) is 18.2 Å². The Bertz CT molecular complexity index is 930. The van der Waals surface area contributed by atoms with Gasteiger partial charge in [-0.3, -0.25) is 9.71 Å². The van der Waals surface area contributed by atoms with Crippen molar-refractivity contribution in [2.45, 2.75) is 18.7 Å². The predicted octanol–water partition coefficient (Wildman–Crippen LogP) is 3.65. The highest BCUT2D eigenvalue weighted by atomic mass is 32.2.